The summed E-state index contributed by atoms with van der Waals surface area (Å²) in [6.07, 6.45) is 1.89. The van der Waals surface area contributed by atoms with Crippen molar-refractivity contribution in [2.75, 3.05) is 26.4 Å². The van der Waals surface area contributed by atoms with Crippen LogP contribution >= 0.6 is 0 Å². The predicted octanol–water partition coefficient (Wildman–Crippen LogP) is 4.92. The molecule has 8 heteroatoms. The van der Waals surface area contributed by atoms with Crippen LogP contribution in [0.4, 0.5) is 0 Å². The lowest BCUT2D eigenvalue weighted by Crippen LogP contribution is -2.36. The Morgan fingerprint density at radius 3 is 2.61 bits per heavy atom. The first kappa shape index (κ1) is 24.2. The van der Waals surface area contributed by atoms with E-state index in [-0.39, 0.29) is 17.8 Å². The normalized spacial score (nSPS) is 19.1. The van der Waals surface area contributed by atoms with Crippen molar-refractivity contribution in [1.29, 1.82) is 0 Å². The fourth-order valence-electron chi connectivity index (χ4n) is 5.42. The molecule has 36 heavy (non-hydrogen) atoms. The number of carbonyl (C=O) groups excluding carboxylic acids is 1. The van der Waals surface area contributed by atoms with Crippen molar-refractivity contribution < 1.29 is 24.1 Å². The Bertz CT molecular complexity index is 1260. The van der Waals surface area contributed by atoms with E-state index in [1.54, 1.807) is 6.07 Å². The number of aromatic amines is 1. The summed E-state index contributed by atoms with van der Waals surface area (Å²) in [7, 11) is 0. The zero-order valence-electron chi connectivity index (χ0n) is 21.3. The van der Waals surface area contributed by atoms with Gasteiger partial charge >= 0.3 is 0 Å². The smallest absolute Gasteiger partial charge is 0.273 e. The fraction of sp³-hybridized carbons (Fsp3) is 0.429. The van der Waals surface area contributed by atoms with Gasteiger partial charge in [0.2, 0.25) is 0 Å². The molecule has 0 aliphatic carbocycles. The van der Waals surface area contributed by atoms with E-state index in [0.717, 1.165) is 35.1 Å². The first-order valence-electron chi connectivity index (χ1n) is 12.6. The second kappa shape index (κ2) is 9.85. The molecule has 2 aliphatic rings. The Labute approximate surface area is 211 Å². The molecule has 1 fully saturated rings. The van der Waals surface area contributed by atoms with Crippen LogP contribution in [0.25, 0.3) is 11.3 Å². The molecule has 2 N–H and O–H groups in total. The second-order valence-electron chi connectivity index (χ2n) is 9.40. The number of hydrogen-bond acceptors (Lipinski definition) is 6. The highest BCUT2D eigenvalue weighted by atomic mass is 16.5. The van der Waals surface area contributed by atoms with Gasteiger partial charge in [0, 0.05) is 24.3 Å². The van der Waals surface area contributed by atoms with Crippen LogP contribution in [0.3, 0.4) is 0 Å². The van der Waals surface area contributed by atoms with Gasteiger partial charge in [0.25, 0.3) is 5.91 Å². The Balaban J connectivity index is 1.66. The molecule has 0 spiro atoms. The number of benzene rings is 2. The van der Waals surface area contributed by atoms with Gasteiger partial charge in [0.15, 0.2) is 11.5 Å². The van der Waals surface area contributed by atoms with E-state index in [9.17, 15) is 9.90 Å². The van der Waals surface area contributed by atoms with E-state index in [4.69, 9.17) is 14.2 Å². The zero-order chi connectivity index (χ0) is 25.4. The highest BCUT2D eigenvalue weighted by Crippen LogP contribution is 2.47. The molecule has 1 aromatic heterocycles. The Kier molecular flexibility index (Phi) is 6.62. The average molecular weight is 492 g/mol. The van der Waals surface area contributed by atoms with Crippen molar-refractivity contribution in [2.24, 2.45) is 0 Å². The lowest BCUT2D eigenvalue weighted by Gasteiger charge is -2.29. The standard InChI is InChI=1S/C28H33N3O5/c1-5-34-21-10-9-18(14-22(21)35-6-2)27-24-25(23-17(4)12-16(3)13-20(23)32)29-30-26(24)28(33)31(27)15-19-8-7-11-36-19/h9-10,12-14,19,27,32H,5-8,11,15H2,1-4H3,(H,29,30)/t19-,27-/m0/s1. The number of phenolic OH excluding ortho intramolecular Hbond substituents is 1. The van der Waals surface area contributed by atoms with Crippen LogP contribution in [0, 0.1) is 13.8 Å². The summed E-state index contributed by atoms with van der Waals surface area (Å²) in [5.41, 5.74) is 5.16. The van der Waals surface area contributed by atoms with Gasteiger partial charge in [-0.1, -0.05) is 12.1 Å². The quantitative estimate of drug-likeness (QED) is 0.464. The van der Waals surface area contributed by atoms with Crippen LogP contribution in [0.15, 0.2) is 30.3 Å². The number of aromatic nitrogens is 2. The maximum Gasteiger partial charge on any atom is 0.273 e. The molecule has 2 aliphatic heterocycles. The van der Waals surface area contributed by atoms with Crippen molar-refractivity contribution >= 4 is 5.91 Å². The fourth-order valence-corrected chi connectivity index (χ4v) is 5.42. The largest absolute Gasteiger partial charge is 0.507 e. The van der Waals surface area contributed by atoms with E-state index < -0.39 is 6.04 Å². The third-order valence-corrected chi connectivity index (χ3v) is 6.87. The second-order valence-corrected chi connectivity index (χ2v) is 9.40. The molecule has 1 saturated heterocycles. The lowest BCUT2D eigenvalue weighted by atomic mass is 9.93. The van der Waals surface area contributed by atoms with E-state index in [2.05, 4.69) is 10.2 Å². The average Bonchev–Trinajstić information content (AvgIpc) is 3.55. The van der Waals surface area contributed by atoms with E-state index in [1.165, 1.54) is 0 Å². The summed E-state index contributed by atoms with van der Waals surface area (Å²) >= 11 is 0. The van der Waals surface area contributed by atoms with Crippen LogP contribution in [0.2, 0.25) is 0 Å². The van der Waals surface area contributed by atoms with Gasteiger partial charge in [-0.05, 0) is 75.4 Å². The molecule has 0 radical (unpaired) electrons. The number of amides is 1. The molecule has 0 saturated carbocycles. The number of phenols is 1. The number of H-pyrrole nitrogens is 1. The van der Waals surface area contributed by atoms with Crippen LogP contribution in [-0.2, 0) is 4.74 Å². The number of rotatable bonds is 8. The summed E-state index contributed by atoms with van der Waals surface area (Å²) in [5.74, 6) is 1.32. The number of fused-ring (bicyclic) bond motifs is 1. The van der Waals surface area contributed by atoms with Crippen molar-refractivity contribution in [2.45, 2.75) is 52.7 Å². The first-order valence-corrected chi connectivity index (χ1v) is 12.6. The summed E-state index contributed by atoms with van der Waals surface area (Å²) in [6.45, 7) is 9.95. The summed E-state index contributed by atoms with van der Waals surface area (Å²) in [6, 6.07) is 9.13. The summed E-state index contributed by atoms with van der Waals surface area (Å²) < 4.78 is 17.6. The van der Waals surface area contributed by atoms with Gasteiger partial charge in [-0.25, -0.2) is 0 Å². The van der Waals surface area contributed by atoms with E-state index >= 15 is 0 Å². The third-order valence-electron chi connectivity index (χ3n) is 6.87. The van der Waals surface area contributed by atoms with Crippen LogP contribution in [-0.4, -0.2) is 58.6 Å². The Morgan fingerprint density at radius 1 is 1.14 bits per heavy atom. The van der Waals surface area contributed by atoms with E-state index in [0.29, 0.717) is 54.8 Å². The summed E-state index contributed by atoms with van der Waals surface area (Å²) in [5, 5.41) is 18.4. The molecule has 2 aromatic carbocycles. The van der Waals surface area contributed by atoms with Gasteiger partial charge in [-0.3, -0.25) is 9.89 Å². The van der Waals surface area contributed by atoms with Gasteiger partial charge < -0.3 is 24.2 Å². The van der Waals surface area contributed by atoms with E-state index in [1.807, 2.05) is 56.9 Å². The minimum Gasteiger partial charge on any atom is -0.507 e. The molecule has 2 atom stereocenters. The lowest BCUT2D eigenvalue weighted by molar-refractivity contribution is 0.0495. The molecule has 3 heterocycles. The van der Waals surface area contributed by atoms with Crippen molar-refractivity contribution in [1.82, 2.24) is 15.1 Å². The van der Waals surface area contributed by atoms with Gasteiger partial charge in [-0.2, -0.15) is 5.10 Å². The van der Waals surface area contributed by atoms with Crippen molar-refractivity contribution in [3.63, 3.8) is 0 Å². The number of nitrogens with one attached hydrogen (secondary N) is 1. The first-order chi connectivity index (χ1) is 17.4. The topological polar surface area (TPSA) is 96.9 Å². The highest BCUT2D eigenvalue weighted by Gasteiger charge is 2.44. The number of hydrogen-bond donors (Lipinski definition) is 2. The van der Waals surface area contributed by atoms with Crippen molar-refractivity contribution in [3.8, 4) is 28.5 Å². The number of nitrogens with zero attached hydrogens (tertiary/aromatic N) is 2. The molecular formula is C28H33N3O5. The maximum absolute atomic E-state index is 13.7. The SMILES string of the molecule is CCOc1ccc([C@H]2c3c(-c4c(C)cc(C)cc4O)n[nH]c3C(=O)N2C[C@@H]2CCCO2)cc1OCC. The Hall–Kier alpha value is -3.52. The van der Waals surface area contributed by atoms with Gasteiger partial charge in [0.05, 0.1) is 25.4 Å². The molecule has 1 amide bonds. The molecule has 8 nitrogen and oxygen atoms in total. The monoisotopic (exact) mass is 491 g/mol. The molecule has 3 aromatic rings. The van der Waals surface area contributed by atoms with Crippen LogP contribution < -0.4 is 9.47 Å². The van der Waals surface area contributed by atoms with Gasteiger partial charge in [0.1, 0.15) is 17.1 Å². The zero-order valence-corrected chi connectivity index (χ0v) is 21.3. The molecule has 0 unspecified atom stereocenters. The number of aryl methyl sites for hydroxylation is 2. The van der Waals surface area contributed by atoms with Crippen molar-refractivity contribution in [3.05, 3.63) is 58.3 Å². The minimum absolute atomic E-state index is 0.0135. The Morgan fingerprint density at radius 2 is 1.92 bits per heavy atom. The maximum atomic E-state index is 13.7. The molecular weight excluding hydrogens is 458 g/mol. The van der Waals surface area contributed by atoms with Crippen LogP contribution in [0.1, 0.15) is 65.5 Å². The molecule has 5 rings (SSSR count). The molecule has 0 bridgehead atoms. The number of aromatic hydroxyl groups is 1. The third kappa shape index (κ3) is 4.19. The predicted molar refractivity (Wildman–Crippen MR) is 136 cm³/mol. The van der Waals surface area contributed by atoms with Crippen LogP contribution in [0.5, 0.6) is 17.2 Å². The molecule has 190 valence electrons. The highest BCUT2D eigenvalue weighted by molar-refractivity contribution is 6.00. The number of ether oxygens (including phenoxy) is 3. The van der Waals surface area contributed by atoms with Gasteiger partial charge in [-0.15, -0.1) is 0 Å². The summed E-state index contributed by atoms with van der Waals surface area (Å²) in [4.78, 5) is 15.6. The minimum atomic E-state index is -0.416. The number of carbonyl (C=O) groups is 1.